The Hall–Kier alpha value is -4.60. The molecule has 0 saturated carbocycles. The van der Waals surface area contributed by atoms with E-state index in [0.717, 1.165) is 42.5 Å². The van der Waals surface area contributed by atoms with Crippen molar-refractivity contribution >= 4 is 82.2 Å². The van der Waals surface area contributed by atoms with Crippen molar-refractivity contribution in [3.8, 4) is 28.2 Å². The maximum absolute atomic E-state index is 13.0. The molecule has 250 valence electrons. The zero-order valence-electron chi connectivity index (χ0n) is 23.0. The molecule has 3 aromatic rings. The second-order valence-corrected chi connectivity index (χ2v) is 14.5. The lowest BCUT2D eigenvalue weighted by atomic mass is 9.89. The molecule has 0 spiro atoms. The highest BCUT2D eigenvalue weighted by Crippen LogP contribution is 2.46. The number of esters is 1. The quantitative estimate of drug-likeness (QED) is 0.0787. The fourth-order valence-corrected chi connectivity index (χ4v) is 7.44. The lowest BCUT2D eigenvalue weighted by molar-refractivity contribution is -0.254. The van der Waals surface area contributed by atoms with E-state index in [1.54, 1.807) is 0 Å². The Morgan fingerprint density at radius 1 is 0.792 bits per heavy atom. The normalized spacial score (nSPS) is 12.4. The van der Waals surface area contributed by atoms with Gasteiger partial charge in [-0.25, -0.2) is 30.0 Å². The van der Waals surface area contributed by atoms with Gasteiger partial charge in [0.05, 0.1) is 37.5 Å². The summed E-state index contributed by atoms with van der Waals surface area (Å²) < 4.78 is 118. The molecule has 3 N–H and O–H groups in total. The molecule has 48 heavy (non-hydrogen) atoms. The maximum Gasteiger partial charge on any atom is 0.343 e. The minimum absolute atomic E-state index is 0.331. The number of hydrogen-bond acceptors (Lipinski definition) is 16. The van der Waals surface area contributed by atoms with Crippen LogP contribution in [0.25, 0.3) is 33.4 Å². The molecule has 0 saturated heterocycles. The number of hydrogen-bond donors (Lipinski definition) is 2. The summed E-state index contributed by atoms with van der Waals surface area (Å²) >= 11 is 11.9. The Morgan fingerprint density at radius 2 is 1.38 bits per heavy atom. The van der Waals surface area contributed by atoms with Gasteiger partial charge in [-0.15, -0.1) is 0 Å². The Labute approximate surface area is 279 Å². The molecule has 3 aromatic carbocycles. The highest BCUT2D eigenvalue weighted by Gasteiger charge is 2.28. The summed E-state index contributed by atoms with van der Waals surface area (Å²) in [6, 6.07) is 7.99. The maximum atomic E-state index is 13.0. The van der Waals surface area contributed by atoms with E-state index >= 15 is 0 Å². The van der Waals surface area contributed by atoms with Crippen LogP contribution in [0.5, 0.6) is 5.75 Å². The van der Waals surface area contributed by atoms with Gasteiger partial charge in [-0.05, 0) is 54.1 Å². The van der Waals surface area contributed by atoms with E-state index in [-0.39, 0.29) is 16.5 Å². The van der Waals surface area contributed by atoms with Crippen LogP contribution in [0.3, 0.4) is 0 Å². The van der Waals surface area contributed by atoms with Crippen LogP contribution in [-0.4, -0.2) is 50.9 Å². The van der Waals surface area contributed by atoms with Crippen molar-refractivity contribution in [1.82, 2.24) is 0 Å². The molecule has 1 aliphatic heterocycles. The third-order valence-electron chi connectivity index (χ3n) is 6.70. The Morgan fingerprint density at radius 3 is 1.92 bits per heavy atom. The second kappa shape index (κ2) is 11.8. The van der Waals surface area contributed by atoms with Gasteiger partial charge in [0, 0.05) is 22.1 Å². The Kier molecular flexibility index (Phi) is 8.55. The summed E-state index contributed by atoms with van der Waals surface area (Å²) in [5, 5.41) is 18.1. The number of nitrogen functional groups attached to an aromatic ring is 1. The summed E-state index contributed by atoms with van der Waals surface area (Å²) in [5.41, 5.74) is 1.77. The first kappa shape index (κ1) is 34.7. The van der Waals surface area contributed by atoms with E-state index in [1.165, 1.54) is 0 Å². The van der Waals surface area contributed by atoms with Gasteiger partial charge in [0.15, 0.2) is 17.1 Å². The predicted octanol–water partition coefficient (Wildman–Crippen LogP) is 1.87. The van der Waals surface area contributed by atoms with Crippen molar-refractivity contribution in [2.75, 3.05) is 5.73 Å². The fourth-order valence-electron chi connectivity index (χ4n) is 4.77. The average Bonchev–Trinajstić information content (AvgIpc) is 2.95. The molecule has 0 unspecified atom stereocenters. The number of anilines is 1. The van der Waals surface area contributed by atoms with Crippen LogP contribution in [0.1, 0.15) is 20.7 Å². The molecule has 5 rings (SSSR count). The number of carboxylic acid groups (broad SMARTS) is 1. The van der Waals surface area contributed by atoms with Crippen LogP contribution >= 0.6 is 23.2 Å². The molecule has 0 bridgehead atoms. The first-order valence-electron chi connectivity index (χ1n) is 12.4. The lowest BCUT2D eigenvalue weighted by Gasteiger charge is -2.23. The average molecular weight is 756 g/mol. The first-order valence-corrected chi connectivity index (χ1v) is 17.4. The van der Waals surface area contributed by atoms with Crippen LogP contribution in [0.2, 0.25) is 10.0 Å². The minimum Gasteiger partial charge on any atom is -0.744 e. The van der Waals surface area contributed by atoms with E-state index in [1.807, 2.05) is 0 Å². The highest BCUT2D eigenvalue weighted by atomic mass is 35.5. The summed E-state index contributed by atoms with van der Waals surface area (Å²) in [5.74, 6) is -4.78. The van der Waals surface area contributed by atoms with Crippen LogP contribution in [0.15, 0.2) is 73.7 Å². The highest BCUT2D eigenvalue weighted by molar-refractivity contribution is 7.86. The van der Waals surface area contributed by atoms with E-state index < -0.39 is 112 Å². The fraction of sp³-hybridized carbons (Fsp3) is 0. The third kappa shape index (κ3) is 6.20. The number of benzene rings is 4. The van der Waals surface area contributed by atoms with Gasteiger partial charge in [0.2, 0.25) is 0 Å². The molecular weight excluding hydrogens is 743 g/mol. The number of carbonyl (C=O) groups excluding carboxylic acids is 2. The van der Waals surface area contributed by atoms with Crippen molar-refractivity contribution in [1.29, 1.82) is 5.41 Å². The van der Waals surface area contributed by atoms with Gasteiger partial charge in [0.1, 0.15) is 40.1 Å². The smallest absolute Gasteiger partial charge is 0.343 e. The largest absolute Gasteiger partial charge is 0.744 e. The topological polar surface area (TPSA) is 301 Å². The number of halogens is 2. The van der Waals surface area contributed by atoms with Gasteiger partial charge in [0.25, 0.3) is 0 Å². The second-order valence-electron chi connectivity index (χ2n) is 9.67. The molecular formula is C27H12Cl2N2O14S3-4. The van der Waals surface area contributed by atoms with Crippen molar-refractivity contribution in [2.24, 2.45) is 0 Å². The third-order valence-corrected chi connectivity index (χ3v) is 9.90. The molecule has 2 aliphatic rings. The van der Waals surface area contributed by atoms with Crippen LogP contribution < -0.4 is 20.9 Å². The molecule has 0 amide bonds. The van der Waals surface area contributed by atoms with Gasteiger partial charge in [-0.2, -0.15) is 0 Å². The molecule has 0 fully saturated rings. The van der Waals surface area contributed by atoms with Crippen LogP contribution in [-0.2, 0) is 30.4 Å². The van der Waals surface area contributed by atoms with Crippen LogP contribution in [0.4, 0.5) is 5.69 Å². The molecule has 0 atom stereocenters. The first-order chi connectivity index (χ1) is 22.1. The number of carbonyl (C=O) groups is 2. The number of fused-ring (bicyclic) bond motifs is 2. The molecule has 1 aliphatic carbocycles. The minimum atomic E-state index is -5.53. The van der Waals surface area contributed by atoms with Crippen LogP contribution in [0, 0.1) is 5.41 Å². The number of nitrogens with one attached hydrogen (secondary N) is 1. The standard InChI is InChI=1S/C27H16Cl2N2O14S3/c28-16-8-11(46(35,36)37)9-17(29)23(16)45-27(34)10-1-2-12(15(7-10)26(32)33)20-13-3-5-18(30)24(47(38,39)40)21(13)44-22-14(20)4-6-19(31)25(22)48(41,42)43/h1-9,30H,31H2,(H,32,33)(H,35,36,37)(H,38,39,40)(H,41,42,43)/p-4. The van der Waals surface area contributed by atoms with E-state index in [4.69, 9.17) is 43.5 Å². The number of rotatable bonds is 7. The van der Waals surface area contributed by atoms with Gasteiger partial charge in [-0.1, -0.05) is 29.3 Å². The summed E-state index contributed by atoms with van der Waals surface area (Å²) in [7, 11) is -16.0. The summed E-state index contributed by atoms with van der Waals surface area (Å²) in [4.78, 5) is 22.2. The predicted molar refractivity (Wildman–Crippen MR) is 158 cm³/mol. The van der Waals surface area contributed by atoms with Crippen molar-refractivity contribution in [3.63, 3.8) is 0 Å². The zero-order chi connectivity index (χ0) is 35.7. The van der Waals surface area contributed by atoms with E-state index in [2.05, 4.69) is 0 Å². The van der Waals surface area contributed by atoms with Crippen molar-refractivity contribution in [2.45, 2.75) is 14.7 Å². The summed E-state index contributed by atoms with van der Waals surface area (Å²) in [6.07, 6.45) is 0. The van der Waals surface area contributed by atoms with Gasteiger partial charge < -0.3 is 38.4 Å². The monoisotopic (exact) mass is 754 g/mol. The number of ether oxygens (including phenoxy) is 1. The van der Waals surface area contributed by atoms with Crippen molar-refractivity contribution < 1.29 is 62.8 Å². The SMILES string of the molecule is N=c1ccc2c(-c3ccc(C(=O)Oc4c(Cl)cc(S(=O)(=O)[O-])cc4Cl)cc3C(=O)[O-])c3ccc(N)c(S(=O)(=O)[O-])c3oc-2c1S(=O)(=O)[O-]. The molecule has 0 radical (unpaired) electrons. The molecule has 1 heterocycles. The Balaban J connectivity index is 1.80. The number of aromatic carboxylic acids is 1. The Bertz CT molecular complexity index is 2600. The molecule has 0 aromatic heterocycles. The zero-order valence-corrected chi connectivity index (χ0v) is 26.9. The van der Waals surface area contributed by atoms with E-state index in [0.29, 0.717) is 12.1 Å². The number of nitrogens with two attached hydrogens (primary N) is 1. The van der Waals surface area contributed by atoms with E-state index in [9.17, 15) is 53.6 Å². The van der Waals surface area contributed by atoms with Gasteiger partial charge in [-0.3, -0.25) is 5.41 Å². The summed E-state index contributed by atoms with van der Waals surface area (Å²) in [6.45, 7) is 0. The van der Waals surface area contributed by atoms with Gasteiger partial charge >= 0.3 is 5.97 Å². The number of carboxylic acids is 1. The lowest BCUT2D eigenvalue weighted by Crippen LogP contribution is -2.24. The molecule has 21 heteroatoms. The molecule has 16 nitrogen and oxygen atoms in total. The van der Waals surface area contributed by atoms with Crippen molar-refractivity contribution in [3.05, 3.63) is 81.1 Å².